The molecule has 0 aliphatic carbocycles. The molecule has 0 bridgehead atoms. The maximum Gasteiger partial charge on any atom is 0.220 e. The Kier molecular flexibility index (Phi) is 5.83. The molecule has 118 valence electrons. The number of hydrogen-bond acceptors (Lipinski definition) is 4. The van der Waals surface area contributed by atoms with Crippen molar-refractivity contribution in [3.05, 3.63) is 46.2 Å². The number of methoxy groups -OCH3 is 2. The first-order chi connectivity index (χ1) is 10.6. The van der Waals surface area contributed by atoms with Gasteiger partial charge in [-0.15, -0.1) is 11.3 Å². The van der Waals surface area contributed by atoms with Crippen molar-refractivity contribution >= 4 is 17.2 Å². The number of aryl methyl sites for hydroxylation is 1. The van der Waals surface area contributed by atoms with Crippen LogP contribution in [-0.2, 0) is 11.2 Å². The standard InChI is InChI=1S/C17H21NO3S/c1-12(16-5-4-10-22-16)18-17(19)9-7-13-6-8-14(20-2)15(11-13)21-3/h4-6,8,10-12H,7,9H2,1-3H3,(H,18,19)/t12-/m0/s1. The van der Waals surface area contributed by atoms with Crippen molar-refractivity contribution < 1.29 is 14.3 Å². The highest BCUT2D eigenvalue weighted by Gasteiger charge is 2.11. The van der Waals surface area contributed by atoms with Gasteiger partial charge in [0.05, 0.1) is 20.3 Å². The van der Waals surface area contributed by atoms with Crippen molar-refractivity contribution in [2.24, 2.45) is 0 Å². The molecule has 1 aromatic carbocycles. The van der Waals surface area contributed by atoms with Crippen molar-refractivity contribution in [2.45, 2.75) is 25.8 Å². The van der Waals surface area contributed by atoms with Gasteiger partial charge in [-0.05, 0) is 42.5 Å². The molecule has 1 atom stereocenters. The normalized spacial score (nSPS) is 11.8. The molecule has 1 aromatic heterocycles. The summed E-state index contributed by atoms with van der Waals surface area (Å²) >= 11 is 1.65. The highest BCUT2D eigenvalue weighted by atomic mass is 32.1. The fourth-order valence-corrected chi connectivity index (χ4v) is 2.95. The van der Waals surface area contributed by atoms with E-state index in [-0.39, 0.29) is 11.9 Å². The lowest BCUT2D eigenvalue weighted by Crippen LogP contribution is -2.26. The Hall–Kier alpha value is -2.01. The number of benzene rings is 1. The molecule has 0 unspecified atom stereocenters. The number of carbonyl (C=O) groups is 1. The van der Waals surface area contributed by atoms with E-state index >= 15 is 0 Å². The van der Waals surface area contributed by atoms with Gasteiger partial charge in [-0.2, -0.15) is 0 Å². The summed E-state index contributed by atoms with van der Waals surface area (Å²) in [5.74, 6) is 1.44. The summed E-state index contributed by atoms with van der Waals surface area (Å²) in [6, 6.07) is 9.81. The van der Waals surface area contributed by atoms with E-state index in [4.69, 9.17) is 9.47 Å². The van der Waals surface area contributed by atoms with Gasteiger partial charge in [0, 0.05) is 11.3 Å². The Balaban J connectivity index is 1.88. The SMILES string of the molecule is COc1ccc(CCC(=O)N[C@@H](C)c2cccs2)cc1OC. The second-order valence-electron chi connectivity index (χ2n) is 4.99. The molecular formula is C17H21NO3S. The van der Waals surface area contributed by atoms with E-state index in [1.54, 1.807) is 25.6 Å². The van der Waals surface area contributed by atoms with Gasteiger partial charge in [-0.1, -0.05) is 12.1 Å². The zero-order valence-electron chi connectivity index (χ0n) is 13.1. The summed E-state index contributed by atoms with van der Waals surface area (Å²) in [6.45, 7) is 2.00. The van der Waals surface area contributed by atoms with E-state index in [9.17, 15) is 4.79 Å². The first-order valence-corrected chi connectivity index (χ1v) is 8.05. The van der Waals surface area contributed by atoms with Gasteiger partial charge in [0.25, 0.3) is 0 Å². The van der Waals surface area contributed by atoms with Crippen LogP contribution in [-0.4, -0.2) is 20.1 Å². The van der Waals surface area contributed by atoms with Gasteiger partial charge in [-0.3, -0.25) is 4.79 Å². The summed E-state index contributed by atoms with van der Waals surface area (Å²) in [5, 5.41) is 5.03. The van der Waals surface area contributed by atoms with Crippen molar-refractivity contribution in [1.82, 2.24) is 5.32 Å². The molecule has 1 heterocycles. The first-order valence-electron chi connectivity index (χ1n) is 7.17. The van der Waals surface area contributed by atoms with E-state index in [0.717, 1.165) is 5.56 Å². The number of hydrogen-bond donors (Lipinski definition) is 1. The summed E-state index contributed by atoms with van der Waals surface area (Å²) in [6.07, 6.45) is 1.12. The monoisotopic (exact) mass is 319 g/mol. The van der Waals surface area contributed by atoms with Crippen LogP contribution in [0.2, 0.25) is 0 Å². The molecule has 1 N–H and O–H groups in total. The average molecular weight is 319 g/mol. The molecule has 0 spiro atoms. The third kappa shape index (κ3) is 4.24. The number of nitrogens with one attached hydrogen (secondary N) is 1. The first kappa shape index (κ1) is 16.4. The zero-order chi connectivity index (χ0) is 15.9. The molecular weight excluding hydrogens is 298 g/mol. The average Bonchev–Trinajstić information content (AvgIpc) is 3.07. The highest BCUT2D eigenvalue weighted by Crippen LogP contribution is 2.28. The smallest absolute Gasteiger partial charge is 0.220 e. The second-order valence-corrected chi connectivity index (χ2v) is 5.97. The Morgan fingerprint density at radius 3 is 2.64 bits per heavy atom. The Labute approximate surface area is 135 Å². The molecule has 1 amide bonds. The number of carbonyl (C=O) groups excluding carboxylic acids is 1. The molecule has 0 saturated carbocycles. The number of thiophene rings is 1. The second kappa shape index (κ2) is 7.84. The Morgan fingerprint density at radius 1 is 1.23 bits per heavy atom. The van der Waals surface area contributed by atoms with Crippen molar-refractivity contribution in [3.63, 3.8) is 0 Å². The fourth-order valence-electron chi connectivity index (χ4n) is 2.22. The van der Waals surface area contributed by atoms with Gasteiger partial charge in [-0.25, -0.2) is 0 Å². The van der Waals surface area contributed by atoms with Crippen LogP contribution in [0.15, 0.2) is 35.7 Å². The van der Waals surface area contributed by atoms with E-state index in [0.29, 0.717) is 24.3 Å². The van der Waals surface area contributed by atoms with Crippen LogP contribution < -0.4 is 14.8 Å². The van der Waals surface area contributed by atoms with Crippen molar-refractivity contribution in [3.8, 4) is 11.5 Å². The lowest BCUT2D eigenvalue weighted by Gasteiger charge is -2.13. The van der Waals surface area contributed by atoms with Gasteiger partial charge < -0.3 is 14.8 Å². The molecule has 0 aliphatic heterocycles. The van der Waals surface area contributed by atoms with E-state index in [1.165, 1.54) is 4.88 Å². The van der Waals surface area contributed by atoms with Crippen molar-refractivity contribution in [2.75, 3.05) is 14.2 Å². The lowest BCUT2D eigenvalue weighted by atomic mass is 10.1. The lowest BCUT2D eigenvalue weighted by molar-refractivity contribution is -0.121. The molecule has 0 saturated heterocycles. The fraction of sp³-hybridized carbons (Fsp3) is 0.353. The van der Waals surface area contributed by atoms with Crippen LogP contribution in [0.1, 0.15) is 29.8 Å². The molecule has 0 radical (unpaired) electrons. The topological polar surface area (TPSA) is 47.6 Å². The predicted octanol–water partition coefficient (Wildman–Crippen LogP) is 3.58. The van der Waals surface area contributed by atoms with Gasteiger partial charge in [0.2, 0.25) is 5.91 Å². The largest absolute Gasteiger partial charge is 0.493 e. The van der Waals surface area contributed by atoms with Crippen LogP contribution in [0.25, 0.3) is 0 Å². The quantitative estimate of drug-likeness (QED) is 0.848. The van der Waals surface area contributed by atoms with Gasteiger partial charge in [0.15, 0.2) is 11.5 Å². The Bertz CT molecular complexity index is 610. The minimum Gasteiger partial charge on any atom is -0.493 e. The zero-order valence-corrected chi connectivity index (χ0v) is 13.9. The third-order valence-corrected chi connectivity index (χ3v) is 4.49. The van der Waals surface area contributed by atoms with E-state index in [2.05, 4.69) is 5.32 Å². The Morgan fingerprint density at radius 2 is 2.00 bits per heavy atom. The molecule has 22 heavy (non-hydrogen) atoms. The van der Waals surface area contributed by atoms with E-state index in [1.807, 2.05) is 42.6 Å². The van der Waals surface area contributed by atoms with Gasteiger partial charge >= 0.3 is 0 Å². The van der Waals surface area contributed by atoms with Crippen LogP contribution >= 0.6 is 11.3 Å². The van der Waals surface area contributed by atoms with Crippen molar-refractivity contribution in [1.29, 1.82) is 0 Å². The third-order valence-electron chi connectivity index (χ3n) is 3.44. The number of ether oxygens (including phenoxy) is 2. The molecule has 0 aliphatic rings. The van der Waals surface area contributed by atoms with E-state index < -0.39 is 0 Å². The van der Waals surface area contributed by atoms with Crippen LogP contribution in [0, 0.1) is 0 Å². The summed E-state index contributed by atoms with van der Waals surface area (Å²) < 4.78 is 10.5. The number of rotatable bonds is 7. The maximum absolute atomic E-state index is 12.0. The minimum absolute atomic E-state index is 0.0516. The molecule has 2 rings (SSSR count). The summed E-state index contributed by atoms with van der Waals surface area (Å²) in [7, 11) is 3.22. The van der Waals surface area contributed by atoms with Crippen LogP contribution in [0.4, 0.5) is 0 Å². The highest BCUT2D eigenvalue weighted by molar-refractivity contribution is 7.10. The molecule has 0 fully saturated rings. The summed E-state index contributed by atoms with van der Waals surface area (Å²) in [5.41, 5.74) is 1.05. The van der Waals surface area contributed by atoms with Gasteiger partial charge in [0.1, 0.15) is 0 Å². The molecule has 5 heteroatoms. The predicted molar refractivity (Wildman–Crippen MR) is 88.7 cm³/mol. The minimum atomic E-state index is 0.0516. The number of amides is 1. The summed E-state index contributed by atoms with van der Waals surface area (Å²) in [4.78, 5) is 13.2. The molecule has 2 aromatic rings. The van der Waals surface area contributed by atoms with Crippen LogP contribution in [0.3, 0.4) is 0 Å². The molecule has 4 nitrogen and oxygen atoms in total. The van der Waals surface area contributed by atoms with Crippen LogP contribution in [0.5, 0.6) is 11.5 Å². The maximum atomic E-state index is 12.0.